The number of carbonyl (C=O) groups excluding carboxylic acids is 1. The summed E-state index contributed by atoms with van der Waals surface area (Å²) in [4.78, 5) is 18.9. The molecule has 2 heterocycles. The topological polar surface area (TPSA) is 88.6 Å². The molecule has 1 aromatic heterocycles. The van der Waals surface area contributed by atoms with Gasteiger partial charge >= 0.3 is 0 Å². The molecular weight excluding hydrogens is 426 g/mol. The average Bonchev–Trinajstić information content (AvgIpc) is 2.71. The molecule has 2 unspecified atom stereocenters. The molecule has 0 saturated carbocycles. The number of nitrogens with zero attached hydrogens (tertiary/aromatic N) is 2. The fourth-order valence-corrected chi connectivity index (χ4v) is 4.72. The lowest BCUT2D eigenvalue weighted by Crippen LogP contribution is -2.45. The highest BCUT2D eigenvalue weighted by atomic mass is 35.5. The third kappa shape index (κ3) is 6.17. The van der Waals surface area contributed by atoms with Crippen molar-refractivity contribution in [1.82, 2.24) is 10.3 Å². The Labute approximate surface area is 182 Å². The van der Waals surface area contributed by atoms with E-state index in [4.69, 9.17) is 16.3 Å². The number of carbonyl (C=O) groups is 1. The van der Waals surface area contributed by atoms with Gasteiger partial charge in [-0.05, 0) is 49.7 Å². The number of rotatable bonds is 7. The van der Waals surface area contributed by atoms with E-state index >= 15 is 0 Å². The first-order chi connectivity index (χ1) is 14.2. The summed E-state index contributed by atoms with van der Waals surface area (Å²) in [5.41, 5.74) is 0.849. The van der Waals surface area contributed by atoms with Crippen LogP contribution in [0.25, 0.3) is 0 Å². The molecule has 0 radical (unpaired) electrons. The van der Waals surface area contributed by atoms with Crippen LogP contribution in [0.3, 0.4) is 0 Å². The van der Waals surface area contributed by atoms with Crippen molar-refractivity contribution in [2.75, 3.05) is 23.7 Å². The molecule has 0 spiro atoms. The van der Waals surface area contributed by atoms with Crippen molar-refractivity contribution in [3.8, 4) is 0 Å². The van der Waals surface area contributed by atoms with Gasteiger partial charge in [-0.1, -0.05) is 17.7 Å². The molecule has 7 nitrogen and oxygen atoms in total. The minimum atomic E-state index is -3.53. The molecule has 1 saturated heterocycles. The summed E-state index contributed by atoms with van der Waals surface area (Å²) in [6, 6.07) is 9.76. The molecular formula is C21H26ClN3O4S. The number of morpholine rings is 1. The number of hydrogen-bond acceptors (Lipinski definition) is 6. The first-order valence-corrected chi connectivity index (χ1v) is 11.9. The van der Waals surface area contributed by atoms with Crippen LogP contribution in [0.4, 0.5) is 5.82 Å². The van der Waals surface area contributed by atoms with Crippen LogP contribution in [0.2, 0.25) is 5.02 Å². The van der Waals surface area contributed by atoms with E-state index in [2.05, 4.69) is 15.2 Å². The molecule has 1 aliphatic heterocycles. The normalized spacial score (nSPS) is 19.5. The van der Waals surface area contributed by atoms with Crippen molar-refractivity contribution < 1.29 is 17.9 Å². The monoisotopic (exact) mass is 451 g/mol. The highest BCUT2D eigenvalue weighted by Crippen LogP contribution is 2.19. The van der Waals surface area contributed by atoms with Gasteiger partial charge in [0.15, 0.2) is 9.84 Å². The maximum absolute atomic E-state index is 12.3. The number of amides is 1. The van der Waals surface area contributed by atoms with Gasteiger partial charge in [0.05, 0.1) is 22.9 Å². The zero-order chi connectivity index (χ0) is 21.7. The van der Waals surface area contributed by atoms with E-state index in [1.807, 2.05) is 26.0 Å². The lowest BCUT2D eigenvalue weighted by atomic mass is 10.2. The van der Waals surface area contributed by atoms with E-state index in [0.29, 0.717) is 11.6 Å². The highest BCUT2D eigenvalue weighted by molar-refractivity contribution is 7.91. The lowest BCUT2D eigenvalue weighted by molar-refractivity contribution is -0.120. The molecule has 162 valence electrons. The number of hydrogen-bond donors (Lipinski definition) is 1. The highest BCUT2D eigenvalue weighted by Gasteiger charge is 2.23. The Balaban J connectivity index is 1.48. The number of aromatic nitrogens is 1. The Morgan fingerprint density at radius 2 is 1.83 bits per heavy atom. The maximum Gasteiger partial charge on any atom is 0.221 e. The standard InChI is InChI=1S/C21H26ClN3O4S/c1-15-13-25(14-16(2)29-15)20-8-3-17(11-23-20)12-24-21(26)9-10-30(27,28)19-6-4-18(22)5-7-19/h3-8,11,15-16H,9-10,12-14H2,1-2H3,(H,24,26). The van der Waals surface area contributed by atoms with Crippen molar-refractivity contribution in [1.29, 1.82) is 0 Å². The van der Waals surface area contributed by atoms with Crippen LogP contribution in [0.1, 0.15) is 25.8 Å². The number of ether oxygens (including phenoxy) is 1. The summed E-state index contributed by atoms with van der Waals surface area (Å²) in [5.74, 6) is 0.291. The van der Waals surface area contributed by atoms with E-state index < -0.39 is 9.84 Å². The van der Waals surface area contributed by atoms with Crippen molar-refractivity contribution in [3.63, 3.8) is 0 Å². The van der Waals surface area contributed by atoms with Gasteiger partial charge in [-0.15, -0.1) is 0 Å². The van der Waals surface area contributed by atoms with Crippen LogP contribution in [-0.4, -0.2) is 50.4 Å². The molecule has 2 atom stereocenters. The Bertz CT molecular complexity index is 955. The zero-order valence-corrected chi connectivity index (χ0v) is 18.6. The van der Waals surface area contributed by atoms with Gasteiger partial charge in [0.2, 0.25) is 5.91 Å². The summed E-state index contributed by atoms with van der Waals surface area (Å²) < 4.78 is 30.4. The molecule has 1 amide bonds. The van der Waals surface area contributed by atoms with E-state index in [9.17, 15) is 13.2 Å². The molecule has 0 aliphatic carbocycles. The number of benzene rings is 1. The van der Waals surface area contributed by atoms with Gasteiger partial charge in [-0.3, -0.25) is 4.79 Å². The Hall–Kier alpha value is -2.16. The third-order valence-corrected chi connectivity index (χ3v) is 6.80. The summed E-state index contributed by atoms with van der Waals surface area (Å²) in [6.07, 6.45) is 1.92. The van der Waals surface area contributed by atoms with E-state index in [-0.39, 0.29) is 35.2 Å². The Morgan fingerprint density at radius 3 is 2.43 bits per heavy atom. The minimum absolute atomic E-state index is 0.111. The van der Waals surface area contributed by atoms with Gasteiger partial charge in [-0.25, -0.2) is 13.4 Å². The molecule has 9 heteroatoms. The number of nitrogens with one attached hydrogen (secondary N) is 1. The van der Waals surface area contributed by atoms with Crippen LogP contribution in [-0.2, 0) is 25.9 Å². The second-order valence-electron chi connectivity index (χ2n) is 7.49. The average molecular weight is 452 g/mol. The van der Waals surface area contributed by atoms with Crippen LogP contribution in [0, 0.1) is 0 Å². The first kappa shape index (κ1) is 22.5. The van der Waals surface area contributed by atoms with Gasteiger partial charge in [-0.2, -0.15) is 0 Å². The van der Waals surface area contributed by atoms with Crippen molar-refractivity contribution in [2.45, 2.75) is 43.9 Å². The van der Waals surface area contributed by atoms with Gasteiger partial charge in [0, 0.05) is 37.3 Å². The maximum atomic E-state index is 12.3. The third-order valence-electron chi connectivity index (χ3n) is 4.81. The molecule has 2 aromatic rings. The van der Waals surface area contributed by atoms with Crippen molar-refractivity contribution in [3.05, 3.63) is 53.2 Å². The number of anilines is 1. The lowest BCUT2D eigenvalue weighted by Gasteiger charge is -2.36. The first-order valence-electron chi connectivity index (χ1n) is 9.83. The number of halogens is 1. The zero-order valence-electron chi connectivity index (χ0n) is 17.0. The smallest absolute Gasteiger partial charge is 0.221 e. The fourth-order valence-electron chi connectivity index (χ4n) is 3.35. The SMILES string of the molecule is CC1CN(c2ccc(CNC(=O)CCS(=O)(=O)c3ccc(Cl)cc3)cn2)CC(C)O1. The predicted octanol–water partition coefficient (Wildman–Crippen LogP) is 2.83. The molecule has 30 heavy (non-hydrogen) atoms. The van der Waals surface area contributed by atoms with Gasteiger partial charge < -0.3 is 15.0 Å². The largest absolute Gasteiger partial charge is 0.372 e. The number of pyridine rings is 1. The van der Waals surface area contributed by atoms with Crippen molar-refractivity contribution in [2.24, 2.45) is 0 Å². The molecule has 1 N–H and O–H groups in total. The summed E-state index contributed by atoms with van der Waals surface area (Å²) >= 11 is 5.78. The Morgan fingerprint density at radius 1 is 1.17 bits per heavy atom. The van der Waals surface area contributed by atoms with E-state index in [1.54, 1.807) is 6.20 Å². The van der Waals surface area contributed by atoms with Crippen LogP contribution in [0.5, 0.6) is 0 Å². The van der Waals surface area contributed by atoms with E-state index in [1.165, 1.54) is 24.3 Å². The molecule has 1 fully saturated rings. The predicted molar refractivity (Wildman–Crippen MR) is 116 cm³/mol. The fraction of sp³-hybridized carbons (Fsp3) is 0.429. The molecule has 3 rings (SSSR count). The van der Waals surface area contributed by atoms with Crippen LogP contribution in [0.15, 0.2) is 47.5 Å². The summed E-state index contributed by atoms with van der Waals surface area (Å²) in [7, 11) is -3.53. The second kappa shape index (κ2) is 9.76. The second-order valence-corrected chi connectivity index (χ2v) is 10.0. The Kier molecular flexibility index (Phi) is 7.33. The molecule has 0 bridgehead atoms. The van der Waals surface area contributed by atoms with Crippen LogP contribution >= 0.6 is 11.6 Å². The van der Waals surface area contributed by atoms with Crippen molar-refractivity contribution >= 4 is 33.2 Å². The summed E-state index contributed by atoms with van der Waals surface area (Å²) in [6.45, 7) is 5.95. The number of sulfone groups is 1. The molecule has 1 aliphatic rings. The summed E-state index contributed by atoms with van der Waals surface area (Å²) in [5, 5.41) is 3.21. The minimum Gasteiger partial charge on any atom is -0.372 e. The molecule has 1 aromatic carbocycles. The van der Waals surface area contributed by atoms with Gasteiger partial charge in [0.25, 0.3) is 0 Å². The van der Waals surface area contributed by atoms with E-state index in [0.717, 1.165) is 24.5 Å². The van der Waals surface area contributed by atoms with Crippen LogP contribution < -0.4 is 10.2 Å². The quantitative estimate of drug-likeness (QED) is 0.696. The van der Waals surface area contributed by atoms with Gasteiger partial charge in [0.1, 0.15) is 5.82 Å².